The van der Waals surface area contributed by atoms with E-state index in [1.165, 1.54) is 11.1 Å². The summed E-state index contributed by atoms with van der Waals surface area (Å²) in [4.78, 5) is 42.6. The first-order valence-corrected chi connectivity index (χ1v) is 12.1. The van der Waals surface area contributed by atoms with Crippen LogP contribution in [0.2, 0.25) is 0 Å². The summed E-state index contributed by atoms with van der Waals surface area (Å²) >= 11 is 0. The van der Waals surface area contributed by atoms with Crippen molar-refractivity contribution in [3.63, 3.8) is 0 Å². The molecular weight excluding hydrogens is 424 g/mol. The largest absolute Gasteiger partial charge is 0.477 e. The molecule has 1 aromatic heterocycles. The number of nitrogens with one attached hydrogen (secondary N) is 2. The Bertz CT molecular complexity index is 827. The van der Waals surface area contributed by atoms with Gasteiger partial charge in [-0.25, -0.2) is 0 Å². The first kappa shape index (κ1) is 25.0. The minimum Gasteiger partial charge on any atom is -0.477 e. The normalized spacial score (nSPS) is 19.2. The van der Waals surface area contributed by atoms with Crippen LogP contribution in [0.5, 0.6) is 5.88 Å². The summed E-state index contributed by atoms with van der Waals surface area (Å²) in [6.45, 7) is 5.92. The van der Waals surface area contributed by atoms with Gasteiger partial charge in [-0.1, -0.05) is 19.3 Å². The van der Waals surface area contributed by atoms with E-state index in [0.717, 1.165) is 25.7 Å². The molecule has 0 bridgehead atoms. The summed E-state index contributed by atoms with van der Waals surface area (Å²) < 4.78 is 6.93. The van der Waals surface area contributed by atoms with E-state index < -0.39 is 6.04 Å². The lowest BCUT2D eigenvalue weighted by Crippen LogP contribution is -2.59. The molecule has 1 saturated heterocycles. The maximum atomic E-state index is 13.5. The maximum Gasteiger partial charge on any atom is 0.272 e. The Morgan fingerprint density at radius 2 is 1.76 bits per heavy atom. The molecule has 1 aliphatic heterocycles. The van der Waals surface area contributed by atoms with Gasteiger partial charge in [0.05, 0.1) is 12.6 Å². The number of nitrogens with zero attached hydrogens (tertiary/aromatic N) is 4. The maximum absolute atomic E-state index is 13.5. The molecular formula is C23H38N6O4. The van der Waals surface area contributed by atoms with Gasteiger partial charge in [-0.3, -0.25) is 19.1 Å². The molecule has 2 unspecified atom stereocenters. The Kier molecular flexibility index (Phi) is 8.71. The van der Waals surface area contributed by atoms with Crippen LogP contribution in [-0.2, 0) is 16.6 Å². The van der Waals surface area contributed by atoms with E-state index >= 15 is 0 Å². The van der Waals surface area contributed by atoms with Crippen molar-refractivity contribution in [2.75, 3.05) is 39.8 Å². The third-order valence-corrected chi connectivity index (χ3v) is 6.76. The molecule has 3 amide bonds. The smallest absolute Gasteiger partial charge is 0.272 e. The number of aromatic nitrogens is 2. The zero-order valence-electron chi connectivity index (χ0n) is 20.3. The van der Waals surface area contributed by atoms with Gasteiger partial charge in [0, 0.05) is 39.3 Å². The molecule has 2 fully saturated rings. The Balaban J connectivity index is 1.63. The second kappa shape index (κ2) is 11.5. The SMILES string of the molecule is CCOc1cc(C(=O)N2CCN(C(=O)C(NC(=O)C(C)NC)C3CCCCC3)CC2)n(C)n1. The average Bonchev–Trinajstić information content (AvgIpc) is 3.21. The van der Waals surface area contributed by atoms with E-state index in [1.54, 1.807) is 36.9 Å². The fourth-order valence-corrected chi connectivity index (χ4v) is 4.61. The molecule has 1 aliphatic carbocycles. The third kappa shape index (κ3) is 6.04. The predicted molar refractivity (Wildman–Crippen MR) is 124 cm³/mol. The number of likely N-dealkylation sites (N-methyl/N-ethyl adjacent to an activating group) is 1. The van der Waals surface area contributed by atoms with Gasteiger partial charge in [-0.15, -0.1) is 5.10 Å². The summed E-state index contributed by atoms with van der Waals surface area (Å²) in [6, 6.07) is 0.779. The van der Waals surface area contributed by atoms with E-state index in [2.05, 4.69) is 15.7 Å². The molecule has 0 aromatic carbocycles. The van der Waals surface area contributed by atoms with Crippen molar-refractivity contribution in [3.8, 4) is 5.88 Å². The number of amides is 3. The number of hydrogen-bond donors (Lipinski definition) is 2. The lowest BCUT2D eigenvalue weighted by molar-refractivity contribution is -0.140. The van der Waals surface area contributed by atoms with Crippen LogP contribution in [0.25, 0.3) is 0 Å². The number of hydrogen-bond acceptors (Lipinski definition) is 6. The number of carbonyl (C=O) groups excluding carboxylic acids is 3. The van der Waals surface area contributed by atoms with Crippen LogP contribution in [-0.4, -0.2) is 89.2 Å². The molecule has 2 aliphatic rings. The summed E-state index contributed by atoms with van der Waals surface area (Å²) in [5.41, 5.74) is 0.464. The number of carbonyl (C=O) groups is 3. The Morgan fingerprint density at radius 1 is 1.12 bits per heavy atom. The van der Waals surface area contributed by atoms with Gasteiger partial charge in [0.25, 0.3) is 5.91 Å². The second-order valence-corrected chi connectivity index (χ2v) is 8.94. The molecule has 1 saturated carbocycles. The van der Waals surface area contributed by atoms with Crippen molar-refractivity contribution in [3.05, 3.63) is 11.8 Å². The molecule has 1 aromatic rings. The van der Waals surface area contributed by atoms with Crippen molar-refractivity contribution in [2.24, 2.45) is 13.0 Å². The number of piperazine rings is 1. The van der Waals surface area contributed by atoms with Crippen molar-refractivity contribution in [1.29, 1.82) is 0 Å². The van der Waals surface area contributed by atoms with Crippen LogP contribution in [0.1, 0.15) is 56.4 Å². The zero-order chi connectivity index (χ0) is 24.0. The monoisotopic (exact) mass is 462 g/mol. The quantitative estimate of drug-likeness (QED) is 0.591. The molecule has 0 radical (unpaired) electrons. The molecule has 2 atom stereocenters. The van der Waals surface area contributed by atoms with E-state index in [4.69, 9.17) is 4.74 Å². The lowest BCUT2D eigenvalue weighted by Gasteiger charge is -2.39. The second-order valence-electron chi connectivity index (χ2n) is 8.94. The Morgan fingerprint density at radius 3 is 2.36 bits per heavy atom. The number of ether oxygens (including phenoxy) is 1. The van der Waals surface area contributed by atoms with Gasteiger partial charge < -0.3 is 25.2 Å². The summed E-state index contributed by atoms with van der Waals surface area (Å²) in [6.07, 6.45) is 5.25. The van der Waals surface area contributed by atoms with Gasteiger partial charge in [0.2, 0.25) is 17.7 Å². The fourth-order valence-electron chi connectivity index (χ4n) is 4.61. The predicted octanol–water partition coefficient (Wildman–Crippen LogP) is 0.776. The molecule has 2 N–H and O–H groups in total. The lowest BCUT2D eigenvalue weighted by atomic mass is 9.83. The first-order valence-electron chi connectivity index (χ1n) is 12.1. The van der Waals surface area contributed by atoms with E-state index in [9.17, 15) is 14.4 Å². The van der Waals surface area contributed by atoms with E-state index in [1.807, 2.05) is 6.92 Å². The topological polar surface area (TPSA) is 109 Å². The highest BCUT2D eigenvalue weighted by Gasteiger charge is 2.36. The van der Waals surface area contributed by atoms with E-state index in [-0.39, 0.29) is 29.7 Å². The van der Waals surface area contributed by atoms with Gasteiger partial charge in [0.15, 0.2) is 0 Å². The molecule has 33 heavy (non-hydrogen) atoms. The number of aryl methyl sites for hydroxylation is 1. The van der Waals surface area contributed by atoms with Crippen LogP contribution in [0.4, 0.5) is 0 Å². The zero-order valence-corrected chi connectivity index (χ0v) is 20.3. The molecule has 184 valence electrons. The van der Waals surface area contributed by atoms with Crippen LogP contribution < -0.4 is 15.4 Å². The van der Waals surface area contributed by atoms with Gasteiger partial charge >= 0.3 is 0 Å². The molecule has 0 spiro atoms. The highest BCUT2D eigenvalue weighted by molar-refractivity contribution is 5.93. The van der Waals surface area contributed by atoms with Crippen molar-refractivity contribution >= 4 is 17.7 Å². The Hall–Kier alpha value is -2.62. The van der Waals surface area contributed by atoms with Crippen molar-refractivity contribution < 1.29 is 19.1 Å². The average molecular weight is 463 g/mol. The standard InChI is InChI=1S/C23H38N6O4/c1-5-33-19-15-18(27(4)26-19)22(31)28-11-13-29(14-12-28)23(32)20(17-9-7-6-8-10-17)25-21(30)16(2)24-3/h15-17,20,24H,5-14H2,1-4H3,(H,25,30). The molecule has 3 rings (SSSR count). The molecule has 2 heterocycles. The minimum atomic E-state index is -0.512. The van der Waals surface area contributed by atoms with Gasteiger partial charge in [-0.2, -0.15) is 0 Å². The van der Waals surface area contributed by atoms with Crippen LogP contribution in [0, 0.1) is 5.92 Å². The minimum absolute atomic E-state index is 0.0372. The summed E-state index contributed by atoms with van der Waals surface area (Å²) in [7, 11) is 3.45. The van der Waals surface area contributed by atoms with E-state index in [0.29, 0.717) is 44.4 Å². The van der Waals surface area contributed by atoms with Crippen molar-refractivity contribution in [2.45, 2.75) is 58.0 Å². The molecule has 10 nitrogen and oxygen atoms in total. The van der Waals surface area contributed by atoms with Gasteiger partial charge in [-0.05, 0) is 39.7 Å². The number of rotatable bonds is 8. The first-order chi connectivity index (χ1) is 15.8. The third-order valence-electron chi connectivity index (χ3n) is 6.76. The van der Waals surface area contributed by atoms with Gasteiger partial charge in [0.1, 0.15) is 11.7 Å². The van der Waals surface area contributed by atoms with Crippen LogP contribution in [0.15, 0.2) is 6.07 Å². The van der Waals surface area contributed by atoms with Crippen molar-refractivity contribution in [1.82, 2.24) is 30.2 Å². The highest BCUT2D eigenvalue weighted by atomic mass is 16.5. The highest BCUT2D eigenvalue weighted by Crippen LogP contribution is 2.28. The van der Waals surface area contributed by atoms with Crippen LogP contribution >= 0.6 is 0 Å². The summed E-state index contributed by atoms with van der Waals surface area (Å²) in [5.74, 6) is 0.272. The fraction of sp³-hybridized carbons (Fsp3) is 0.739. The molecule has 10 heteroatoms. The van der Waals surface area contributed by atoms with Crippen LogP contribution in [0.3, 0.4) is 0 Å². The summed E-state index contributed by atoms with van der Waals surface area (Å²) in [5, 5.41) is 10.2. The Labute approximate surface area is 196 Å².